The van der Waals surface area contributed by atoms with Crippen LogP contribution in [0.25, 0.3) is 0 Å². The molecule has 7 nitrogen and oxygen atoms in total. The number of hydrogen-bond acceptors (Lipinski definition) is 4. The normalized spacial score (nSPS) is 30.4. The van der Waals surface area contributed by atoms with Crippen LogP contribution in [0.15, 0.2) is 53.6 Å². The van der Waals surface area contributed by atoms with Crippen molar-refractivity contribution in [3.8, 4) is 0 Å². The summed E-state index contributed by atoms with van der Waals surface area (Å²) in [4.78, 5) is 23.2. The Labute approximate surface area is 187 Å². The van der Waals surface area contributed by atoms with E-state index in [9.17, 15) is 14.9 Å². The molecule has 0 saturated heterocycles. The highest BCUT2D eigenvalue weighted by Gasteiger charge is 2.58. The third-order valence-electron chi connectivity index (χ3n) is 7.56. The van der Waals surface area contributed by atoms with Crippen molar-refractivity contribution in [1.29, 1.82) is 0 Å². The van der Waals surface area contributed by atoms with Crippen LogP contribution in [0.1, 0.15) is 55.2 Å². The number of nitro benzene ring substituents is 1. The summed E-state index contributed by atoms with van der Waals surface area (Å²) >= 11 is 0. The lowest BCUT2D eigenvalue weighted by Gasteiger charge is -2.62. The van der Waals surface area contributed by atoms with Gasteiger partial charge in [0, 0.05) is 23.2 Å². The number of urea groups is 1. The number of amides is 2. The molecule has 0 aromatic heterocycles. The zero-order valence-electron chi connectivity index (χ0n) is 18.2. The van der Waals surface area contributed by atoms with E-state index in [4.69, 9.17) is 0 Å². The first-order valence-corrected chi connectivity index (χ1v) is 11.3. The Balaban J connectivity index is 1.29. The van der Waals surface area contributed by atoms with E-state index in [-0.39, 0.29) is 22.7 Å². The van der Waals surface area contributed by atoms with Gasteiger partial charge < -0.3 is 5.32 Å². The molecule has 2 amide bonds. The largest absolute Gasteiger partial charge is 0.335 e. The molecule has 32 heavy (non-hydrogen) atoms. The number of non-ortho nitro benzene ring substituents is 1. The van der Waals surface area contributed by atoms with Gasteiger partial charge in [-0.2, -0.15) is 5.10 Å². The molecule has 0 radical (unpaired) electrons. The molecule has 4 fully saturated rings. The van der Waals surface area contributed by atoms with Gasteiger partial charge in [0.2, 0.25) is 0 Å². The quantitative estimate of drug-likeness (QED) is 0.402. The summed E-state index contributed by atoms with van der Waals surface area (Å²) in [7, 11) is 0. The summed E-state index contributed by atoms with van der Waals surface area (Å²) in [5.74, 6) is 1.29. The molecule has 7 heteroatoms. The number of aryl methyl sites for hydroxylation is 1. The lowest BCUT2D eigenvalue weighted by molar-refractivity contribution is -0.384. The summed E-state index contributed by atoms with van der Waals surface area (Å²) < 4.78 is 0. The monoisotopic (exact) mass is 432 g/mol. The lowest BCUT2D eigenvalue weighted by Crippen LogP contribution is -2.65. The van der Waals surface area contributed by atoms with Gasteiger partial charge in [-0.1, -0.05) is 42.0 Å². The fourth-order valence-corrected chi connectivity index (χ4v) is 6.81. The smallest absolute Gasteiger partial charge is 0.331 e. The second kappa shape index (κ2) is 7.73. The molecule has 4 aliphatic rings. The molecule has 6 rings (SSSR count). The number of hydrogen-bond donors (Lipinski definition) is 2. The summed E-state index contributed by atoms with van der Waals surface area (Å²) in [5, 5.41) is 18.2. The number of nitro groups is 1. The van der Waals surface area contributed by atoms with Crippen LogP contribution in [0.4, 0.5) is 10.5 Å². The molecule has 4 aliphatic carbocycles. The number of hydrazone groups is 1. The highest BCUT2D eigenvalue weighted by molar-refractivity contribution is 5.82. The molecular weight excluding hydrogens is 404 g/mol. The first-order chi connectivity index (χ1) is 15.3. The third kappa shape index (κ3) is 3.87. The van der Waals surface area contributed by atoms with E-state index in [0.29, 0.717) is 17.4 Å². The summed E-state index contributed by atoms with van der Waals surface area (Å²) in [6.45, 7) is 2.12. The van der Waals surface area contributed by atoms with Crippen molar-refractivity contribution in [2.24, 2.45) is 16.9 Å². The van der Waals surface area contributed by atoms with Crippen LogP contribution < -0.4 is 10.7 Å². The molecule has 4 saturated carbocycles. The van der Waals surface area contributed by atoms with Crippen molar-refractivity contribution in [2.75, 3.05) is 0 Å². The zero-order chi connectivity index (χ0) is 22.3. The van der Waals surface area contributed by atoms with E-state index in [1.165, 1.54) is 48.7 Å². The molecule has 0 aliphatic heterocycles. The zero-order valence-corrected chi connectivity index (χ0v) is 18.2. The second-order valence-electron chi connectivity index (χ2n) is 10.1. The Bertz CT molecular complexity index is 1060. The Morgan fingerprint density at radius 2 is 1.84 bits per heavy atom. The maximum absolute atomic E-state index is 12.7. The minimum Gasteiger partial charge on any atom is -0.331 e. The third-order valence-corrected chi connectivity index (χ3v) is 7.56. The van der Waals surface area contributed by atoms with Gasteiger partial charge in [-0.3, -0.25) is 10.1 Å². The van der Waals surface area contributed by atoms with Gasteiger partial charge in [0.25, 0.3) is 5.69 Å². The van der Waals surface area contributed by atoms with E-state index in [1.54, 1.807) is 12.1 Å². The van der Waals surface area contributed by atoms with Crippen molar-refractivity contribution < 1.29 is 9.72 Å². The van der Waals surface area contributed by atoms with E-state index in [2.05, 4.69) is 47.0 Å². The predicted octanol–water partition coefficient (Wildman–Crippen LogP) is 4.83. The van der Waals surface area contributed by atoms with Crippen LogP contribution in [0.2, 0.25) is 0 Å². The van der Waals surface area contributed by atoms with Crippen LogP contribution >= 0.6 is 0 Å². The predicted molar refractivity (Wildman–Crippen MR) is 123 cm³/mol. The molecule has 0 heterocycles. The van der Waals surface area contributed by atoms with Crippen molar-refractivity contribution in [3.63, 3.8) is 0 Å². The van der Waals surface area contributed by atoms with Gasteiger partial charge >= 0.3 is 6.03 Å². The van der Waals surface area contributed by atoms with Crippen LogP contribution in [-0.4, -0.2) is 22.7 Å². The Hall–Kier alpha value is -3.22. The number of carbonyl (C=O) groups is 1. The molecular formula is C25H28N4O3. The number of nitrogens with one attached hydrogen (secondary N) is 2. The number of rotatable bonds is 5. The first-order valence-electron chi connectivity index (χ1n) is 11.3. The molecule has 2 aromatic rings. The van der Waals surface area contributed by atoms with Gasteiger partial charge in [-0.25, -0.2) is 10.2 Å². The van der Waals surface area contributed by atoms with Crippen LogP contribution in [-0.2, 0) is 5.41 Å². The molecule has 0 spiro atoms. The number of carbonyl (C=O) groups excluding carboxylic acids is 1. The average Bonchev–Trinajstić information content (AvgIpc) is 2.73. The first kappa shape index (κ1) is 20.7. The van der Waals surface area contributed by atoms with Gasteiger partial charge in [-0.05, 0) is 68.3 Å². The van der Waals surface area contributed by atoms with E-state index in [0.717, 1.165) is 19.3 Å². The van der Waals surface area contributed by atoms with Crippen molar-refractivity contribution in [3.05, 3.63) is 75.3 Å². The van der Waals surface area contributed by atoms with E-state index >= 15 is 0 Å². The maximum Gasteiger partial charge on any atom is 0.335 e. The molecule has 2 N–H and O–H groups in total. The molecule has 2 atom stereocenters. The SMILES string of the molecule is Cc1ccc(C23CC4CC(CC(NC(=O)NN=Cc5cccc([N+](=O)[O-])c5)(C4)C2)C3)cc1. The number of nitrogens with zero attached hydrogens (tertiary/aromatic N) is 2. The molecule has 166 valence electrons. The lowest BCUT2D eigenvalue weighted by atomic mass is 9.45. The Morgan fingerprint density at radius 3 is 2.53 bits per heavy atom. The van der Waals surface area contributed by atoms with E-state index < -0.39 is 4.92 Å². The topological polar surface area (TPSA) is 96.6 Å². The van der Waals surface area contributed by atoms with Crippen molar-refractivity contribution >= 4 is 17.9 Å². The summed E-state index contributed by atoms with van der Waals surface area (Å²) in [6.07, 6.45) is 8.14. The summed E-state index contributed by atoms with van der Waals surface area (Å²) in [6, 6.07) is 14.8. The Morgan fingerprint density at radius 1 is 1.12 bits per heavy atom. The van der Waals surface area contributed by atoms with Crippen LogP contribution in [0, 0.1) is 28.9 Å². The average molecular weight is 433 g/mol. The maximum atomic E-state index is 12.7. The van der Waals surface area contributed by atoms with Crippen LogP contribution in [0.5, 0.6) is 0 Å². The fraction of sp³-hybridized carbons (Fsp3) is 0.440. The highest BCUT2D eigenvalue weighted by Crippen LogP contribution is 2.62. The van der Waals surface area contributed by atoms with Gasteiger partial charge in [-0.15, -0.1) is 0 Å². The highest BCUT2D eigenvalue weighted by atomic mass is 16.6. The Kier molecular flexibility index (Phi) is 4.99. The molecule has 2 unspecified atom stereocenters. The minimum absolute atomic E-state index is 0.00614. The standard InChI is InChI=1S/C25H28N4O3/c1-17-5-7-21(8-6-17)24-11-19-9-20(12-24)14-25(13-19,16-24)27-23(30)28-26-15-18-3-2-4-22(10-18)29(31)32/h2-8,10,15,19-20H,9,11-14,16H2,1H3,(H2,27,28,30). The minimum atomic E-state index is -0.450. The van der Waals surface area contributed by atoms with Crippen molar-refractivity contribution in [2.45, 2.75) is 56.4 Å². The fourth-order valence-electron chi connectivity index (χ4n) is 6.81. The van der Waals surface area contributed by atoms with Crippen LogP contribution in [0.3, 0.4) is 0 Å². The molecule has 4 bridgehead atoms. The number of benzene rings is 2. The van der Waals surface area contributed by atoms with Crippen molar-refractivity contribution in [1.82, 2.24) is 10.7 Å². The second-order valence-corrected chi connectivity index (χ2v) is 10.1. The van der Waals surface area contributed by atoms with Gasteiger partial charge in [0.05, 0.1) is 11.1 Å². The summed E-state index contributed by atoms with van der Waals surface area (Å²) in [5.41, 5.74) is 5.76. The van der Waals surface area contributed by atoms with Gasteiger partial charge in [0.15, 0.2) is 0 Å². The molecule has 2 aromatic carbocycles. The van der Waals surface area contributed by atoms with Gasteiger partial charge in [0.1, 0.15) is 0 Å². The van der Waals surface area contributed by atoms with E-state index in [1.807, 2.05) is 0 Å².